The van der Waals surface area contributed by atoms with E-state index in [4.69, 9.17) is 0 Å². The highest BCUT2D eigenvalue weighted by Crippen LogP contribution is 2.23. The maximum Gasteiger partial charge on any atom is 0.259 e. The zero-order valence-electron chi connectivity index (χ0n) is 15.6. The molecule has 7 heteroatoms. The normalized spacial score (nSPS) is 13.5. The minimum atomic E-state index is -0.210. The lowest BCUT2D eigenvalue weighted by Crippen LogP contribution is -2.24. The number of nitrogens with one attached hydrogen (secondary N) is 1. The smallest absolute Gasteiger partial charge is 0.259 e. The van der Waals surface area contributed by atoms with Crippen LogP contribution in [0.1, 0.15) is 39.4 Å². The molecule has 2 aromatic heterocycles. The van der Waals surface area contributed by atoms with Crippen LogP contribution in [0.25, 0.3) is 0 Å². The van der Waals surface area contributed by atoms with Crippen LogP contribution >= 0.6 is 0 Å². The molecule has 0 unspecified atom stereocenters. The largest absolute Gasteiger partial charge is 0.356 e. The minimum Gasteiger partial charge on any atom is -0.356 e. The number of rotatable bonds is 5. The van der Waals surface area contributed by atoms with Crippen molar-refractivity contribution in [3.63, 3.8) is 0 Å². The van der Waals surface area contributed by atoms with Gasteiger partial charge in [0.2, 0.25) is 5.78 Å². The summed E-state index contributed by atoms with van der Waals surface area (Å²) in [5.74, 6) is 0.730. The highest BCUT2D eigenvalue weighted by atomic mass is 16.1. The van der Waals surface area contributed by atoms with E-state index in [1.165, 1.54) is 0 Å². The topological polar surface area (TPSA) is 80.1 Å². The Bertz CT molecular complexity index is 1000. The third kappa shape index (κ3) is 3.51. The lowest BCUT2D eigenvalue weighted by Gasteiger charge is -2.19. The van der Waals surface area contributed by atoms with E-state index in [0.717, 1.165) is 31.7 Å². The molecule has 3 heterocycles. The molecular weight excluding hydrogens is 354 g/mol. The second-order valence-corrected chi connectivity index (χ2v) is 6.79. The first-order chi connectivity index (χ1) is 13.6. The molecule has 0 bridgehead atoms. The molecule has 1 aliphatic rings. The fourth-order valence-electron chi connectivity index (χ4n) is 3.37. The number of hydrogen-bond donors (Lipinski definition) is 1. The summed E-state index contributed by atoms with van der Waals surface area (Å²) in [5, 5.41) is 2.90. The summed E-state index contributed by atoms with van der Waals surface area (Å²) in [4.78, 5) is 35.9. The zero-order chi connectivity index (χ0) is 19.5. The lowest BCUT2D eigenvalue weighted by molar-refractivity contribution is 0.102. The van der Waals surface area contributed by atoms with Gasteiger partial charge in [-0.05, 0) is 49.2 Å². The van der Waals surface area contributed by atoms with E-state index in [1.54, 1.807) is 66.6 Å². The quantitative estimate of drug-likeness (QED) is 0.694. The number of aromatic nitrogens is 3. The van der Waals surface area contributed by atoms with Crippen LogP contribution in [0.2, 0.25) is 0 Å². The van der Waals surface area contributed by atoms with Gasteiger partial charge in [-0.25, -0.2) is 9.97 Å². The van der Waals surface area contributed by atoms with Gasteiger partial charge in [-0.2, -0.15) is 0 Å². The van der Waals surface area contributed by atoms with Gasteiger partial charge in [-0.15, -0.1) is 0 Å². The molecule has 1 aromatic carbocycles. The van der Waals surface area contributed by atoms with Crippen LogP contribution in [0.3, 0.4) is 0 Å². The van der Waals surface area contributed by atoms with Gasteiger partial charge in [0.1, 0.15) is 5.82 Å². The number of hydrogen-bond acceptors (Lipinski definition) is 5. The molecular formula is C21H21N5O2. The third-order valence-corrected chi connectivity index (χ3v) is 4.87. The Balaban J connectivity index is 1.50. The number of anilines is 2. The van der Waals surface area contributed by atoms with Gasteiger partial charge in [-0.1, -0.05) is 0 Å². The molecule has 142 valence electrons. The molecule has 1 saturated heterocycles. The van der Waals surface area contributed by atoms with Gasteiger partial charge in [0.05, 0.1) is 5.56 Å². The maximum absolute atomic E-state index is 12.8. The highest BCUT2D eigenvalue weighted by Gasteiger charge is 2.21. The van der Waals surface area contributed by atoms with Crippen LogP contribution in [0, 0.1) is 0 Å². The minimum absolute atomic E-state index is 0.158. The van der Waals surface area contributed by atoms with E-state index < -0.39 is 0 Å². The predicted molar refractivity (Wildman–Crippen MR) is 107 cm³/mol. The Labute approximate surface area is 163 Å². The fraction of sp³-hybridized carbons (Fsp3) is 0.238. The standard InChI is InChI=1S/C21H21N5O2/c1-25-14-11-23-20(25)18(27)15-6-8-16(9-7-15)24-21(28)17-5-4-10-22-19(17)26-12-2-3-13-26/h4-11,14H,2-3,12-13H2,1H3,(H,24,28). The monoisotopic (exact) mass is 375 g/mol. The van der Waals surface area contributed by atoms with Crippen LogP contribution in [0.5, 0.6) is 0 Å². The highest BCUT2D eigenvalue weighted by molar-refractivity contribution is 6.09. The van der Waals surface area contributed by atoms with E-state index in [-0.39, 0.29) is 11.7 Å². The second kappa shape index (κ2) is 7.64. The molecule has 4 rings (SSSR count). The van der Waals surface area contributed by atoms with Crippen LogP contribution in [0.15, 0.2) is 55.0 Å². The van der Waals surface area contributed by atoms with Crippen molar-refractivity contribution in [1.29, 1.82) is 0 Å². The number of carbonyl (C=O) groups is 2. The van der Waals surface area contributed by atoms with Crippen molar-refractivity contribution in [2.75, 3.05) is 23.3 Å². The number of carbonyl (C=O) groups excluding carboxylic acids is 2. The number of nitrogens with zero attached hydrogens (tertiary/aromatic N) is 4. The molecule has 1 N–H and O–H groups in total. The number of pyridine rings is 1. The van der Waals surface area contributed by atoms with Crippen LogP contribution in [-0.4, -0.2) is 39.3 Å². The number of amides is 1. The van der Waals surface area contributed by atoms with Crippen LogP contribution < -0.4 is 10.2 Å². The zero-order valence-corrected chi connectivity index (χ0v) is 15.6. The molecule has 0 saturated carbocycles. The summed E-state index contributed by atoms with van der Waals surface area (Å²) < 4.78 is 1.68. The Morgan fingerprint density at radius 1 is 1.00 bits per heavy atom. The average molecular weight is 375 g/mol. The molecule has 0 radical (unpaired) electrons. The molecule has 28 heavy (non-hydrogen) atoms. The van der Waals surface area contributed by atoms with Crippen molar-refractivity contribution >= 4 is 23.2 Å². The number of imidazole rings is 1. The van der Waals surface area contributed by atoms with Gasteiger partial charge in [0.25, 0.3) is 5.91 Å². The average Bonchev–Trinajstić information content (AvgIpc) is 3.40. The van der Waals surface area contributed by atoms with Gasteiger partial charge in [0, 0.05) is 50.0 Å². The molecule has 0 spiro atoms. The predicted octanol–water partition coefficient (Wildman–Crippen LogP) is 2.90. The first-order valence-electron chi connectivity index (χ1n) is 9.27. The Hall–Kier alpha value is -3.48. The van der Waals surface area contributed by atoms with E-state index in [9.17, 15) is 9.59 Å². The molecule has 1 aliphatic heterocycles. The van der Waals surface area contributed by atoms with E-state index >= 15 is 0 Å². The van der Waals surface area contributed by atoms with Gasteiger partial charge < -0.3 is 14.8 Å². The summed E-state index contributed by atoms with van der Waals surface area (Å²) in [6.45, 7) is 1.84. The van der Waals surface area contributed by atoms with E-state index in [0.29, 0.717) is 22.6 Å². The van der Waals surface area contributed by atoms with Gasteiger partial charge >= 0.3 is 0 Å². The lowest BCUT2D eigenvalue weighted by atomic mass is 10.1. The SMILES string of the molecule is Cn1ccnc1C(=O)c1ccc(NC(=O)c2cccnc2N2CCCC2)cc1. The third-order valence-electron chi connectivity index (χ3n) is 4.87. The molecule has 1 amide bonds. The Kier molecular flexibility index (Phi) is 4.89. The molecule has 0 aliphatic carbocycles. The summed E-state index contributed by atoms with van der Waals surface area (Å²) in [6, 6.07) is 10.4. The summed E-state index contributed by atoms with van der Waals surface area (Å²) >= 11 is 0. The van der Waals surface area contributed by atoms with E-state index in [1.807, 2.05) is 0 Å². The molecule has 1 fully saturated rings. The van der Waals surface area contributed by atoms with Gasteiger partial charge in [-0.3, -0.25) is 9.59 Å². The van der Waals surface area contributed by atoms with Crippen molar-refractivity contribution in [2.24, 2.45) is 7.05 Å². The van der Waals surface area contributed by atoms with Crippen molar-refractivity contribution in [3.05, 3.63) is 71.9 Å². The molecule has 7 nitrogen and oxygen atoms in total. The van der Waals surface area contributed by atoms with E-state index in [2.05, 4.69) is 20.2 Å². The molecule has 0 atom stereocenters. The second-order valence-electron chi connectivity index (χ2n) is 6.79. The summed E-state index contributed by atoms with van der Waals surface area (Å²) in [6.07, 6.45) is 7.26. The van der Waals surface area contributed by atoms with Crippen LogP contribution in [-0.2, 0) is 7.05 Å². The van der Waals surface area contributed by atoms with Crippen molar-refractivity contribution in [3.8, 4) is 0 Å². The maximum atomic E-state index is 12.8. The van der Waals surface area contributed by atoms with Crippen molar-refractivity contribution < 1.29 is 9.59 Å². The first kappa shape index (κ1) is 17.9. The number of benzene rings is 1. The first-order valence-corrected chi connectivity index (χ1v) is 9.27. The number of aryl methyl sites for hydroxylation is 1. The number of ketones is 1. The van der Waals surface area contributed by atoms with Crippen molar-refractivity contribution in [1.82, 2.24) is 14.5 Å². The summed E-state index contributed by atoms with van der Waals surface area (Å²) in [7, 11) is 1.78. The van der Waals surface area contributed by atoms with Crippen molar-refractivity contribution in [2.45, 2.75) is 12.8 Å². The Morgan fingerprint density at radius 3 is 2.43 bits per heavy atom. The molecule has 3 aromatic rings. The van der Waals surface area contributed by atoms with Crippen LogP contribution in [0.4, 0.5) is 11.5 Å². The van der Waals surface area contributed by atoms with Gasteiger partial charge in [0.15, 0.2) is 5.82 Å². The Morgan fingerprint density at radius 2 is 1.75 bits per heavy atom. The summed E-state index contributed by atoms with van der Waals surface area (Å²) in [5.41, 5.74) is 1.70. The fourth-order valence-corrected chi connectivity index (χ4v) is 3.37.